The maximum absolute atomic E-state index is 12.0. The molecule has 5 heteroatoms. The summed E-state index contributed by atoms with van der Waals surface area (Å²) in [5.74, 6) is 0.320. The summed E-state index contributed by atoms with van der Waals surface area (Å²) in [7, 11) is 0. The van der Waals surface area contributed by atoms with Gasteiger partial charge >= 0.3 is 0 Å². The first kappa shape index (κ1) is 18.9. The molecule has 0 aromatic heterocycles. The summed E-state index contributed by atoms with van der Waals surface area (Å²) in [6.45, 7) is 9.06. The van der Waals surface area contributed by atoms with Crippen molar-refractivity contribution in [2.24, 2.45) is 5.92 Å². The number of aliphatic hydroxyl groups is 1. The molecule has 5 nitrogen and oxygen atoms in total. The SMILES string of the molecule is CC(C)(C)OCC(=O)Nc1cccc(CN2CCC(CO)CC2)c1. The lowest BCUT2D eigenvalue weighted by Gasteiger charge is -2.31. The maximum atomic E-state index is 12.0. The van der Waals surface area contributed by atoms with E-state index in [1.807, 2.05) is 39.0 Å². The molecule has 0 atom stereocenters. The van der Waals surface area contributed by atoms with Crippen LogP contribution in [0.25, 0.3) is 0 Å². The van der Waals surface area contributed by atoms with Gasteiger partial charge in [-0.05, 0) is 70.3 Å². The van der Waals surface area contributed by atoms with Gasteiger partial charge in [0.2, 0.25) is 5.91 Å². The number of amides is 1. The van der Waals surface area contributed by atoms with Crippen LogP contribution < -0.4 is 5.32 Å². The van der Waals surface area contributed by atoms with Gasteiger partial charge in [-0.25, -0.2) is 0 Å². The number of hydrogen-bond donors (Lipinski definition) is 2. The molecular weight excluding hydrogens is 304 g/mol. The van der Waals surface area contributed by atoms with E-state index in [0.717, 1.165) is 38.2 Å². The largest absolute Gasteiger partial charge is 0.396 e. The number of piperidine rings is 1. The fourth-order valence-corrected chi connectivity index (χ4v) is 2.81. The van der Waals surface area contributed by atoms with Crippen LogP contribution in [0.4, 0.5) is 5.69 Å². The third-order valence-corrected chi connectivity index (χ3v) is 4.22. The molecule has 1 aromatic carbocycles. The number of nitrogens with one attached hydrogen (secondary N) is 1. The first-order chi connectivity index (χ1) is 11.4. The minimum Gasteiger partial charge on any atom is -0.396 e. The van der Waals surface area contributed by atoms with Gasteiger partial charge in [0.05, 0.1) is 5.60 Å². The number of hydrogen-bond acceptors (Lipinski definition) is 4. The number of likely N-dealkylation sites (tertiary alicyclic amines) is 1. The second-order valence-electron chi connectivity index (χ2n) is 7.55. The molecule has 0 saturated carbocycles. The van der Waals surface area contributed by atoms with Crippen molar-refractivity contribution >= 4 is 11.6 Å². The normalized spacial score (nSPS) is 17.0. The lowest BCUT2D eigenvalue weighted by atomic mass is 9.97. The van der Waals surface area contributed by atoms with Crippen LogP contribution in [0, 0.1) is 5.92 Å². The molecule has 0 spiro atoms. The fraction of sp³-hybridized carbons (Fsp3) is 0.632. The molecule has 1 amide bonds. The summed E-state index contributed by atoms with van der Waals surface area (Å²) in [4.78, 5) is 14.4. The summed E-state index contributed by atoms with van der Waals surface area (Å²) in [6.07, 6.45) is 2.11. The Morgan fingerprint density at radius 1 is 1.33 bits per heavy atom. The maximum Gasteiger partial charge on any atom is 0.250 e. The van der Waals surface area contributed by atoms with Crippen LogP contribution in [-0.4, -0.2) is 47.8 Å². The Bertz CT molecular complexity index is 532. The number of rotatable bonds is 6. The Kier molecular flexibility index (Phi) is 6.78. The number of aliphatic hydroxyl groups excluding tert-OH is 1. The second kappa shape index (κ2) is 8.60. The van der Waals surface area contributed by atoms with Gasteiger partial charge in [0.25, 0.3) is 0 Å². The molecule has 1 saturated heterocycles. The highest BCUT2D eigenvalue weighted by molar-refractivity contribution is 5.91. The van der Waals surface area contributed by atoms with Crippen LogP contribution in [0.3, 0.4) is 0 Å². The smallest absolute Gasteiger partial charge is 0.250 e. The zero-order valence-electron chi connectivity index (χ0n) is 15.0. The van der Waals surface area contributed by atoms with Gasteiger partial charge in [0.1, 0.15) is 6.61 Å². The summed E-state index contributed by atoms with van der Waals surface area (Å²) >= 11 is 0. The first-order valence-corrected chi connectivity index (χ1v) is 8.72. The molecule has 1 fully saturated rings. The van der Waals surface area contributed by atoms with Crippen LogP contribution in [-0.2, 0) is 16.1 Å². The zero-order chi connectivity index (χ0) is 17.6. The van der Waals surface area contributed by atoms with Crippen molar-refractivity contribution in [1.82, 2.24) is 4.90 Å². The van der Waals surface area contributed by atoms with Gasteiger partial charge in [-0.3, -0.25) is 9.69 Å². The van der Waals surface area contributed by atoms with E-state index < -0.39 is 0 Å². The van der Waals surface area contributed by atoms with E-state index in [1.165, 1.54) is 5.56 Å². The van der Waals surface area contributed by atoms with Gasteiger partial charge in [0, 0.05) is 18.8 Å². The van der Waals surface area contributed by atoms with Gasteiger partial charge in [0.15, 0.2) is 0 Å². The van der Waals surface area contributed by atoms with Crippen molar-refractivity contribution in [1.29, 1.82) is 0 Å². The molecule has 2 rings (SSSR count). The highest BCUT2D eigenvalue weighted by Gasteiger charge is 2.18. The lowest BCUT2D eigenvalue weighted by Crippen LogP contribution is -2.34. The molecule has 0 unspecified atom stereocenters. The number of anilines is 1. The van der Waals surface area contributed by atoms with Crippen molar-refractivity contribution in [3.8, 4) is 0 Å². The Hall–Kier alpha value is -1.43. The van der Waals surface area contributed by atoms with Gasteiger partial charge in [-0.2, -0.15) is 0 Å². The number of nitrogens with zero attached hydrogens (tertiary/aromatic N) is 1. The molecule has 0 radical (unpaired) electrons. The molecule has 1 aliphatic heterocycles. The number of benzene rings is 1. The molecule has 24 heavy (non-hydrogen) atoms. The van der Waals surface area contributed by atoms with Gasteiger partial charge in [-0.1, -0.05) is 12.1 Å². The van der Waals surface area contributed by atoms with E-state index in [2.05, 4.69) is 16.3 Å². The quantitative estimate of drug-likeness (QED) is 0.839. The average Bonchev–Trinajstić information content (AvgIpc) is 2.53. The molecule has 0 bridgehead atoms. The van der Waals surface area contributed by atoms with Crippen LogP contribution >= 0.6 is 0 Å². The van der Waals surface area contributed by atoms with Crippen molar-refractivity contribution in [3.05, 3.63) is 29.8 Å². The standard InChI is InChI=1S/C19H30N2O3/c1-19(2,3)24-14-18(23)20-17-6-4-5-16(11-17)12-21-9-7-15(13-22)8-10-21/h4-6,11,15,22H,7-10,12-14H2,1-3H3,(H,20,23). The van der Waals surface area contributed by atoms with Crippen LogP contribution in [0.2, 0.25) is 0 Å². The Morgan fingerprint density at radius 3 is 2.67 bits per heavy atom. The van der Waals surface area contributed by atoms with E-state index in [4.69, 9.17) is 4.74 Å². The zero-order valence-corrected chi connectivity index (χ0v) is 15.0. The average molecular weight is 334 g/mol. The van der Waals surface area contributed by atoms with E-state index in [-0.39, 0.29) is 18.1 Å². The monoisotopic (exact) mass is 334 g/mol. The predicted octanol–water partition coefficient (Wildman–Crippen LogP) is 2.64. The highest BCUT2D eigenvalue weighted by Crippen LogP contribution is 2.19. The van der Waals surface area contributed by atoms with Crippen molar-refractivity contribution in [2.75, 3.05) is 31.6 Å². The van der Waals surface area contributed by atoms with E-state index in [0.29, 0.717) is 12.5 Å². The molecule has 1 heterocycles. The van der Waals surface area contributed by atoms with Crippen LogP contribution in [0.5, 0.6) is 0 Å². The van der Waals surface area contributed by atoms with Crippen molar-refractivity contribution < 1.29 is 14.6 Å². The summed E-state index contributed by atoms with van der Waals surface area (Å²) in [5, 5.41) is 12.1. The van der Waals surface area contributed by atoms with Crippen molar-refractivity contribution in [3.63, 3.8) is 0 Å². The fourth-order valence-electron chi connectivity index (χ4n) is 2.81. The van der Waals surface area contributed by atoms with Gasteiger partial charge < -0.3 is 15.2 Å². The second-order valence-corrected chi connectivity index (χ2v) is 7.55. The summed E-state index contributed by atoms with van der Waals surface area (Å²) in [6, 6.07) is 7.97. The third-order valence-electron chi connectivity index (χ3n) is 4.22. The lowest BCUT2D eigenvalue weighted by molar-refractivity contribution is -0.125. The minimum atomic E-state index is -0.320. The van der Waals surface area contributed by atoms with E-state index >= 15 is 0 Å². The first-order valence-electron chi connectivity index (χ1n) is 8.72. The third kappa shape index (κ3) is 6.59. The Morgan fingerprint density at radius 2 is 2.04 bits per heavy atom. The number of ether oxygens (including phenoxy) is 1. The number of carbonyl (C=O) groups is 1. The molecule has 1 aliphatic rings. The van der Waals surface area contributed by atoms with Gasteiger partial charge in [-0.15, -0.1) is 0 Å². The van der Waals surface area contributed by atoms with E-state index in [9.17, 15) is 9.90 Å². The number of carbonyl (C=O) groups excluding carboxylic acids is 1. The minimum absolute atomic E-state index is 0.0579. The molecule has 134 valence electrons. The topological polar surface area (TPSA) is 61.8 Å². The summed E-state index contributed by atoms with van der Waals surface area (Å²) < 4.78 is 5.50. The predicted molar refractivity (Wildman–Crippen MR) is 95.9 cm³/mol. The van der Waals surface area contributed by atoms with Crippen molar-refractivity contribution in [2.45, 2.75) is 45.8 Å². The molecule has 2 N–H and O–H groups in total. The Labute approximate surface area is 145 Å². The Balaban J connectivity index is 1.84. The van der Waals surface area contributed by atoms with Crippen LogP contribution in [0.1, 0.15) is 39.2 Å². The molecule has 1 aromatic rings. The molecule has 0 aliphatic carbocycles. The highest BCUT2D eigenvalue weighted by atomic mass is 16.5. The molecular formula is C19H30N2O3. The van der Waals surface area contributed by atoms with Crippen LogP contribution in [0.15, 0.2) is 24.3 Å². The summed E-state index contributed by atoms with van der Waals surface area (Å²) in [5.41, 5.74) is 1.67. The van der Waals surface area contributed by atoms with E-state index in [1.54, 1.807) is 0 Å².